The summed E-state index contributed by atoms with van der Waals surface area (Å²) in [7, 11) is 0. The summed E-state index contributed by atoms with van der Waals surface area (Å²) in [6, 6.07) is 3.75. The van der Waals surface area contributed by atoms with Gasteiger partial charge in [-0.3, -0.25) is 9.69 Å². The molecule has 0 radical (unpaired) electrons. The fourth-order valence-electron chi connectivity index (χ4n) is 3.14. The third-order valence-corrected chi connectivity index (χ3v) is 4.53. The van der Waals surface area contributed by atoms with Gasteiger partial charge in [-0.25, -0.2) is 9.67 Å². The Morgan fingerprint density at radius 1 is 1.33 bits per heavy atom. The molecule has 0 spiro atoms. The van der Waals surface area contributed by atoms with E-state index in [9.17, 15) is 4.79 Å². The van der Waals surface area contributed by atoms with Crippen molar-refractivity contribution in [1.29, 1.82) is 0 Å². The van der Waals surface area contributed by atoms with E-state index in [2.05, 4.69) is 35.8 Å². The van der Waals surface area contributed by atoms with Gasteiger partial charge in [-0.15, -0.1) is 0 Å². The lowest BCUT2D eigenvalue weighted by Gasteiger charge is -2.24. The number of hydrogen-bond acceptors (Lipinski definition) is 5. The van der Waals surface area contributed by atoms with E-state index in [1.807, 2.05) is 13.0 Å². The molecular weight excluding hydrogens is 304 g/mol. The van der Waals surface area contributed by atoms with Gasteiger partial charge in [-0.05, 0) is 32.4 Å². The first-order chi connectivity index (χ1) is 11.3. The molecule has 0 aliphatic carbocycles. The van der Waals surface area contributed by atoms with Gasteiger partial charge in [0.25, 0.3) is 5.56 Å². The van der Waals surface area contributed by atoms with Crippen LogP contribution in [0.5, 0.6) is 0 Å². The van der Waals surface area contributed by atoms with Gasteiger partial charge in [0.05, 0.1) is 25.0 Å². The molecule has 0 amide bonds. The van der Waals surface area contributed by atoms with Crippen molar-refractivity contribution in [3.8, 4) is 0 Å². The van der Waals surface area contributed by atoms with Gasteiger partial charge >= 0.3 is 0 Å². The third-order valence-electron chi connectivity index (χ3n) is 4.53. The van der Waals surface area contributed by atoms with Crippen molar-refractivity contribution in [3.05, 3.63) is 46.0 Å². The second-order valence-electron chi connectivity index (χ2n) is 7.62. The summed E-state index contributed by atoms with van der Waals surface area (Å²) in [5, 5.41) is 4.59. The molecule has 6 heteroatoms. The highest BCUT2D eigenvalue weighted by Crippen LogP contribution is 2.22. The van der Waals surface area contributed by atoms with Crippen molar-refractivity contribution in [1.82, 2.24) is 19.7 Å². The van der Waals surface area contributed by atoms with Crippen LogP contribution in [0, 0.1) is 6.92 Å². The Hall–Kier alpha value is -1.95. The van der Waals surface area contributed by atoms with Crippen molar-refractivity contribution in [2.45, 2.75) is 65.1 Å². The minimum Gasteiger partial charge on any atom is -0.445 e. The molecular formula is C18H26N4O2. The average molecular weight is 330 g/mol. The van der Waals surface area contributed by atoms with Gasteiger partial charge in [0, 0.05) is 17.5 Å². The lowest BCUT2D eigenvalue weighted by Crippen LogP contribution is -2.37. The molecule has 24 heavy (non-hydrogen) atoms. The fraction of sp³-hybridized carbons (Fsp3) is 0.611. The van der Waals surface area contributed by atoms with Gasteiger partial charge < -0.3 is 4.42 Å². The van der Waals surface area contributed by atoms with Gasteiger partial charge in [0.1, 0.15) is 5.76 Å². The second-order valence-corrected chi connectivity index (χ2v) is 7.62. The number of aryl methyl sites for hydroxylation is 1. The highest BCUT2D eigenvalue weighted by atomic mass is 16.4. The van der Waals surface area contributed by atoms with Crippen LogP contribution in [0.1, 0.15) is 51.0 Å². The van der Waals surface area contributed by atoms with Crippen LogP contribution in [-0.2, 0) is 18.5 Å². The average Bonchev–Trinajstić information content (AvgIpc) is 3.10. The Morgan fingerprint density at radius 3 is 2.79 bits per heavy atom. The van der Waals surface area contributed by atoms with Crippen molar-refractivity contribution >= 4 is 0 Å². The highest BCUT2D eigenvalue weighted by molar-refractivity contribution is 5.10. The molecule has 2 aromatic heterocycles. The van der Waals surface area contributed by atoms with E-state index in [1.165, 1.54) is 0 Å². The lowest BCUT2D eigenvalue weighted by atomic mass is 9.92. The summed E-state index contributed by atoms with van der Waals surface area (Å²) < 4.78 is 7.21. The monoisotopic (exact) mass is 330 g/mol. The van der Waals surface area contributed by atoms with Gasteiger partial charge in [0.2, 0.25) is 5.89 Å². The maximum absolute atomic E-state index is 12.2. The molecule has 1 unspecified atom stereocenters. The molecule has 2 aromatic rings. The summed E-state index contributed by atoms with van der Waals surface area (Å²) in [6.07, 6.45) is 3.94. The van der Waals surface area contributed by atoms with Crippen LogP contribution >= 0.6 is 0 Å². The molecule has 1 fully saturated rings. The maximum atomic E-state index is 12.2. The first-order valence-electron chi connectivity index (χ1n) is 8.57. The maximum Gasteiger partial charge on any atom is 0.266 e. The minimum atomic E-state index is -0.0690. The van der Waals surface area contributed by atoms with Crippen molar-refractivity contribution < 1.29 is 4.42 Å². The van der Waals surface area contributed by atoms with Gasteiger partial charge in [-0.2, -0.15) is 5.10 Å². The molecule has 1 aliphatic rings. The molecule has 130 valence electrons. The van der Waals surface area contributed by atoms with Crippen LogP contribution in [0.15, 0.2) is 27.5 Å². The zero-order valence-corrected chi connectivity index (χ0v) is 15.0. The summed E-state index contributed by atoms with van der Waals surface area (Å²) >= 11 is 0. The Balaban J connectivity index is 1.76. The Morgan fingerprint density at radius 2 is 2.12 bits per heavy atom. The predicted molar refractivity (Wildman–Crippen MR) is 91.9 cm³/mol. The third kappa shape index (κ3) is 3.75. The van der Waals surface area contributed by atoms with E-state index in [0.717, 1.165) is 36.7 Å². The quantitative estimate of drug-likeness (QED) is 0.862. The van der Waals surface area contributed by atoms with Crippen LogP contribution in [0.25, 0.3) is 0 Å². The van der Waals surface area contributed by atoms with E-state index in [4.69, 9.17) is 4.42 Å². The number of aromatic nitrogens is 3. The van der Waals surface area contributed by atoms with E-state index in [1.54, 1.807) is 16.9 Å². The SMILES string of the molecule is Cc1cnc(CN2CCCC2Cn2nc(C(C)(C)C)ccc2=O)o1. The number of likely N-dealkylation sites (tertiary alicyclic amines) is 1. The van der Waals surface area contributed by atoms with Crippen molar-refractivity contribution in [3.63, 3.8) is 0 Å². The standard InChI is InChI=1S/C18H26N4O2/c1-13-10-19-16(24-13)12-21-9-5-6-14(21)11-22-17(23)8-7-15(20-22)18(2,3)4/h7-8,10,14H,5-6,9,11-12H2,1-4H3. The number of oxazole rings is 1. The van der Waals surface area contributed by atoms with E-state index < -0.39 is 0 Å². The summed E-state index contributed by atoms with van der Waals surface area (Å²) in [4.78, 5) is 18.8. The summed E-state index contributed by atoms with van der Waals surface area (Å²) in [6.45, 7) is 10.5. The molecule has 6 nitrogen and oxygen atoms in total. The minimum absolute atomic E-state index is 0.0400. The fourth-order valence-corrected chi connectivity index (χ4v) is 3.14. The Bertz CT molecular complexity index is 757. The van der Waals surface area contributed by atoms with Crippen LogP contribution in [0.3, 0.4) is 0 Å². The van der Waals surface area contributed by atoms with Crippen LogP contribution in [0.2, 0.25) is 0 Å². The predicted octanol–water partition coefficient (Wildman–Crippen LogP) is 2.50. The Kier molecular flexibility index (Phi) is 4.58. The van der Waals surface area contributed by atoms with Crippen molar-refractivity contribution in [2.24, 2.45) is 0 Å². The first kappa shape index (κ1) is 16.9. The van der Waals surface area contributed by atoms with E-state index in [0.29, 0.717) is 13.1 Å². The van der Waals surface area contributed by atoms with E-state index in [-0.39, 0.29) is 17.0 Å². The van der Waals surface area contributed by atoms with Crippen molar-refractivity contribution in [2.75, 3.05) is 6.54 Å². The molecule has 3 heterocycles. The number of hydrogen-bond donors (Lipinski definition) is 0. The normalized spacial score (nSPS) is 19.1. The Labute approximate surface area is 142 Å². The van der Waals surface area contributed by atoms with Gasteiger partial charge in [-0.1, -0.05) is 20.8 Å². The number of rotatable bonds is 4. The molecule has 0 bridgehead atoms. The second kappa shape index (κ2) is 6.51. The summed E-state index contributed by atoms with van der Waals surface area (Å²) in [5.74, 6) is 1.57. The van der Waals surface area contributed by atoms with Gasteiger partial charge in [0.15, 0.2) is 0 Å². The molecule has 1 saturated heterocycles. The lowest BCUT2D eigenvalue weighted by molar-refractivity contribution is 0.196. The molecule has 3 rings (SSSR count). The molecule has 0 saturated carbocycles. The highest BCUT2D eigenvalue weighted by Gasteiger charge is 2.27. The topological polar surface area (TPSA) is 64.2 Å². The first-order valence-corrected chi connectivity index (χ1v) is 8.57. The molecule has 0 N–H and O–H groups in total. The molecule has 1 atom stereocenters. The van der Waals surface area contributed by atoms with Crippen LogP contribution < -0.4 is 5.56 Å². The largest absolute Gasteiger partial charge is 0.445 e. The summed E-state index contributed by atoms with van der Waals surface area (Å²) in [5.41, 5.74) is 0.831. The number of nitrogens with zero attached hydrogens (tertiary/aromatic N) is 4. The van der Waals surface area contributed by atoms with E-state index >= 15 is 0 Å². The van der Waals surface area contributed by atoms with Crippen LogP contribution in [0.4, 0.5) is 0 Å². The molecule has 0 aromatic carbocycles. The smallest absolute Gasteiger partial charge is 0.266 e. The zero-order chi connectivity index (χ0) is 17.3. The zero-order valence-electron chi connectivity index (χ0n) is 15.0. The van der Waals surface area contributed by atoms with Crippen LogP contribution in [-0.4, -0.2) is 32.3 Å². The molecule has 1 aliphatic heterocycles.